The van der Waals surface area contributed by atoms with Gasteiger partial charge in [0, 0.05) is 0 Å². The molecule has 0 radical (unpaired) electrons. The molecule has 0 spiro atoms. The Morgan fingerprint density at radius 2 is 2.00 bits per heavy atom. The summed E-state index contributed by atoms with van der Waals surface area (Å²) in [5.74, 6) is -0.725. The lowest BCUT2D eigenvalue weighted by Crippen LogP contribution is -2.04. The lowest BCUT2D eigenvalue weighted by Gasteiger charge is -2.08. The van der Waals surface area contributed by atoms with Crippen LogP contribution in [0.3, 0.4) is 0 Å². The number of nitrogens with zero attached hydrogens (tertiary/aromatic N) is 3. The summed E-state index contributed by atoms with van der Waals surface area (Å²) in [6, 6.07) is 5.82. The van der Waals surface area contributed by atoms with E-state index in [1.807, 2.05) is 32.0 Å². The summed E-state index contributed by atoms with van der Waals surface area (Å²) in [7, 11) is 0. The van der Waals surface area contributed by atoms with Gasteiger partial charge in [-0.1, -0.05) is 12.1 Å². The Labute approximate surface area is 98.7 Å². The Bertz CT molecular complexity index is 587. The van der Waals surface area contributed by atoms with Crippen molar-refractivity contribution < 1.29 is 9.90 Å². The van der Waals surface area contributed by atoms with E-state index in [1.165, 1.54) is 0 Å². The third kappa shape index (κ3) is 1.91. The average molecular weight is 231 g/mol. The van der Waals surface area contributed by atoms with E-state index in [1.54, 1.807) is 11.6 Å². The molecule has 5 heteroatoms. The van der Waals surface area contributed by atoms with Crippen molar-refractivity contribution in [2.45, 2.75) is 20.8 Å². The predicted octanol–water partition coefficient (Wildman–Crippen LogP) is 1.89. The summed E-state index contributed by atoms with van der Waals surface area (Å²) >= 11 is 0. The lowest BCUT2D eigenvalue weighted by molar-refractivity contribution is 0.0683. The molecule has 0 saturated heterocycles. The predicted molar refractivity (Wildman–Crippen MR) is 62.5 cm³/mol. The maximum Gasteiger partial charge on any atom is 0.375 e. The van der Waals surface area contributed by atoms with Crippen LogP contribution < -0.4 is 0 Å². The summed E-state index contributed by atoms with van der Waals surface area (Å²) in [6.45, 7) is 5.72. The van der Waals surface area contributed by atoms with Gasteiger partial charge in [0.25, 0.3) is 5.82 Å². The van der Waals surface area contributed by atoms with Crippen LogP contribution in [0.2, 0.25) is 0 Å². The minimum atomic E-state index is -1.11. The topological polar surface area (TPSA) is 68.0 Å². The molecule has 1 aromatic carbocycles. The molecule has 0 aliphatic rings. The molecule has 0 saturated carbocycles. The van der Waals surface area contributed by atoms with Gasteiger partial charge in [0.1, 0.15) is 5.82 Å². The summed E-state index contributed by atoms with van der Waals surface area (Å²) in [5, 5.41) is 12.8. The number of carbonyl (C=O) groups is 1. The standard InChI is InChI=1S/C12H13N3O2/c1-7-5-4-6-10(8(7)2)15-9(3)13-11(14-15)12(16)17/h4-6H,1-3H3,(H,16,17). The van der Waals surface area contributed by atoms with Crippen molar-refractivity contribution in [3.63, 3.8) is 0 Å². The van der Waals surface area contributed by atoms with Crippen LogP contribution >= 0.6 is 0 Å². The van der Waals surface area contributed by atoms with Crippen LogP contribution in [0.15, 0.2) is 18.2 Å². The second-order valence-electron chi connectivity index (χ2n) is 3.92. The highest BCUT2D eigenvalue weighted by Gasteiger charge is 2.14. The van der Waals surface area contributed by atoms with Crippen LogP contribution in [0.5, 0.6) is 0 Å². The van der Waals surface area contributed by atoms with Gasteiger partial charge in [0.15, 0.2) is 0 Å². The molecule has 1 aromatic heterocycles. The van der Waals surface area contributed by atoms with Crippen LogP contribution in [0.25, 0.3) is 5.69 Å². The first-order valence-electron chi connectivity index (χ1n) is 5.24. The normalized spacial score (nSPS) is 10.5. The number of rotatable bonds is 2. The molecule has 0 aliphatic carbocycles. The van der Waals surface area contributed by atoms with E-state index < -0.39 is 5.97 Å². The number of carboxylic acids is 1. The highest BCUT2D eigenvalue weighted by Crippen LogP contribution is 2.17. The van der Waals surface area contributed by atoms with Crippen LogP contribution in [-0.2, 0) is 0 Å². The fraction of sp³-hybridized carbons (Fsp3) is 0.250. The number of aromatic carboxylic acids is 1. The van der Waals surface area contributed by atoms with Crippen molar-refractivity contribution in [3.8, 4) is 5.69 Å². The van der Waals surface area contributed by atoms with Gasteiger partial charge < -0.3 is 5.11 Å². The van der Waals surface area contributed by atoms with E-state index in [9.17, 15) is 4.79 Å². The van der Waals surface area contributed by atoms with Crippen molar-refractivity contribution >= 4 is 5.97 Å². The quantitative estimate of drug-likeness (QED) is 0.857. The molecule has 0 unspecified atom stereocenters. The van der Waals surface area contributed by atoms with Gasteiger partial charge in [-0.2, -0.15) is 0 Å². The largest absolute Gasteiger partial charge is 0.475 e. The molecule has 0 aliphatic heterocycles. The fourth-order valence-electron chi connectivity index (χ4n) is 1.67. The Morgan fingerprint density at radius 3 is 2.59 bits per heavy atom. The van der Waals surface area contributed by atoms with E-state index in [2.05, 4.69) is 10.1 Å². The third-order valence-corrected chi connectivity index (χ3v) is 2.76. The van der Waals surface area contributed by atoms with Gasteiger partial charge in [-0.15, -0.1) is 5.10 Å². The zero-order valence-corrected chi connectivity index (χ0v) is 9.93. The Kier molecular flexibility index (Phi) is 2.67. The molecule has 1 N–H and O–H groups in total. The van der Waals surface area contributed by atoms with Gasteiger partial charge in [0.2, 0.25) is 0 Å². The zero-order valence-electron chi connectivity index (χ0n) is 9.93. The lowest BCUT2D eigenvalue weighted by atomic mass is 10.1. The van der Waals surface area contributed by atoms with Gasteiger partial charge in [-0.05, 0) is 38.0 Å². The maximum atomic E-state index is 10.8. The average Bonchev–Trinajstić information content (AvgIpc) is 2.65. The summed E-state index contributed by atoms with van der Waals surface area (Å²) < 4.78 is 1.56. The molecule has 88 valence electrons. The smallest absolute Gasteiger partial charge is 0.375 e. The van der Waals surface area contributed by atoms with Crippen molar-refractivity contribution in [2.24, 2.45) is 0 Å². The van der Waals surface area contributed by atoms with Crippen molar-refractivity contribution in [1.82, 2.24) is 14.8 Å². The summed E-state index contributed by atoms with van der Waals surface area (Å²) in [6.07, 6.45) is 0. The number of aromatic nitrogens is 3. The first-order valence-corrected chi connectivity index (χ1v) is 5.24. The van der Waals surface area contributed by atoms with Gasteiger partial charge in [0.05, 0.1) is 5.69 Å². The van der Waals surface area contributed by atoms with Crippen molar-refractivity contribution in [3.05, 3.63) is 41.0 Å². The van der Waals surface area contributed by atoms with Gasteiger partial charge in [-0.3, -0.25) is 0 Å². The van der Waals surface area contributed by atoms with E-state index in [4.69, 9.17) is 5.11 Å². The van der Waals surface area contributed by atoms with Crippen molar-refractivity contribution in [1.29, 1.82) is 0 Å². The van der Waals surface area contributed by atoms with Crippen LogP contribution in [0.4, 0.5) is 0 Å². The summed E-state index contributed by atoms with van der Waals surface area (Å²) in [4.78, 5) is 14.7. The fourth-order valence-corrected chi connectivity index (χ4v) is 1.67. The number of aryl methyl sites for hydroxylation is 2. The SMILES string of the molecule is Cc1cccc(-n2nc(C(=O)O)nc2C)c1C. The van der Waals surface area contributed by atoms with E-state index >= 15 is 0 Å². The van der Waals surface area contributed by atoms with E-state index in [-0.39, 0.29) is 5.82 Å². The highest BCUT2D eigenvalue weighted by molar-refractivity contribution is 5.83. The highest BCUT2D eigenvalue weighted by atomic mass is 16.4. The maximum absolute atomic E-state index is 10.8. The second kappa shape index (κ2) is 4.01. The minimum absolute atomic E-state index is 0.177. The van der Waals surface area contributed by atoms with E-state index in [0.717, 1.165) is 16.8 Å². The zero-order chi connectivity index (χ0) is 12.6. The van der Waals surface area contributed by atoms with Crippen LogP contribution in [0.1, 0.15) is 27.6 Å². The Hall–Kier alpha value is -2.17. The summed E-state index contributed by atoms with van der Waals surface area (Å²) in [5.41, 5.74) is 3.06. The molecular formula is C12H13N3O2. The number of hydrogen-bond acceptors (Lipinski definition) is 3. The Morgan fingerprint density at radius 1 is 1.29 bits per heavy atom. The first kappa shape index (κ1) is 11.3. The molecular weight excluding hydrogens is 218 g/mol. The number of carboxylic acid groups (broad SMARTS) is 1. The monoisotopic (exact) mass is 231 g/mol. The molecule has 2 aromatic rings. The van der Waals surface area contributed by atoms with Crippen LogP contribution in [0, 0.1) is 20.8 Å². The molecule has 1 heterocycles. The third-order valence-electron chi connectivity index (χ3n) is 2.76. The van der Waals surface area contributed by atoms with Gasteiger partial charge in [-0.25, -0.2) is 14.5 Å². The van der Waals surface area contributed by atoms with E-state index in [0.29, 0.717) is 5.82 Å². The van der Waals surface area contributed by atoms with Crippen LogP contribution in [-0.4, -0.2) is 25.8 Å². The first-order chi connectivity index (χ1) is 8.00. The molecule has 0 amide bonds. The molecule has 5 nitrogen and oxygen atoms in total. The molecule has 0 atom stereocenters. The molecule has 17 heavy (non-hydrogen) atoms. The second-order valence-corrected chi connectivity index (χ2v) is 3.92. The Balaban J connectivity index is 2.60. The van der Waals surface area contributed by atoms with Crippen molar-refractivity contribution in [2.75, 3.05) is 0 Å². The number of hydrogen-bond donors (Lipinski definition) is 1. The molecule has 0 fully saturated rings. The molecule has 2 rings (SSSR count). The molecule has 0 bridgehead atoms. The van der Waals surface area contributed by atoms with Gasteiger partial charge >= 0.3 is 5.97 Å². The minimum Gasteiger partial charge on any atom is -0.475 e. The number of benzene rings is 1.